The van der Waals surface area contributed by atoms with E-state index >= 15 is 0 Å². The van der Waals surface area contributed by atoms with Crippen LogP contribution < -0.4 is 10.6 Å². The summed E-state index contributed by atoms with van der Waals surface area (Å²) in [4.78, 5) is 13.5. The van der Waals surface area contributed by atoms with Crippen molar-refractivity contribution in [3.63, 3.8) is 0 Å². The normalized spacial score (nSPS) is 14.8. The number of fused-ring (bicyclic) bond motifs is 3. The van der Waals surface area contributed by atoms with Crippen molar-refractivity contribution in [2.45, 2.75) is 20.8 Å². The predicted molar refractivity (Wildman–Crippen MR) is 109 cm³/mol. The highest BCUT2D eigenvalue weighted by molar-refractivity contribution is 7.63. The van der Waals surface area contributed by atoms with Gasteiger partial charge in [0, 0.05) is 16.2 Å². The molecule has 3 aromatic rings. The van der Waals surface area contributed by atoms with Crippen LogP contribution in [0.4, 0.5) is 0 Å². The molecule has 0 aromatic heterocycles. The van der Waals surface area contributed by atoms with E-state index in [1.807, 2.05) is 63.2 Å². The topological polar surface area (TPSA) is 34.1 Å². The molecule has 1 unspecified atom stereocenters. The molecule has 26 heavy (non-hydrogen) atoms. The van der Waals surface area contributed by atoms with Crippen LogP contribution in [0.5, 0.6) is 0 Å². The minimum atomic E-state index is -2.26. The summed E-state index contributed by atoms with van der Waals surface area (Å²) in [6.45, 7) is 5.88. The van der Waals surface area contributed by atoms with Gasteiger partial charge in [0.1, 0.15) is 7.80 Å². The molecule has 4 heteroatoms. The molecule has 0 radical (unpaired) electrons. The first kappa shape index (κ1) is 17.3. The zero-order valence-corrected chi connectivity index (χ0v) is 16.6. The van der Waals surface area contributed by atoms with Gasteiger partial charge in [-0.2, -0.15) is 0 Å². The van der Waals surface area contributed by atoms with Crippen molar-refractivity contribution in [2.75, 3.05) is 0 Å². The van der Waals surface area contributed by atoms with Gasteiger partial charge in [-0.1, -0.05) is 59.6 Å². The van der Waals surface area contributed by atoms with Crippen LogP contribution in [-0.2, 0) is 4.57 Å². The first-order valence-corrected chi connectivity index (χ1v) is 10.3. The smallest absolute Gasteiger partial charge is 0.195 e. The number of benzene rings is 3. The number of rotatable bonds is 2. The van der Waals surface area contributed by atoms with Gasteiger partial charge >= 0.3 is 0 Å². The van der Waals surface area contributed by atoms with Crippen LogP contribution in [0.2, 0.25) is 5.02 Å². The number of hydrogen-bond acceptors (Lipinski definition) is 2. The molecule has 0 amide bonds. The van der Waals surface area contributed by atoms with Crippen LogP contribution in [0.25, 0.3) is 11.1 Å². The van der Waals surface area contributed by atoms with Crippen LogP contribution in [0.3, 0.4) is 0 Å². The Kier molecular flexibility index (Phi) is 4.14. The van der Waals surface area contributed by atoms with Crippen molar-refractivity contribution in [2.24, 2.45) is 0 Å². The maximum absolute atomic E-state index is 13.5. The Morgan fingerprint density at radius 2 is 1.54 bits per heavy atom. The molecule has 0 saturated carbocycles. The second-order valence-electron chi connectivity index (χ2n) is 6.82. The first-order chi connectivity index (χ1) is 12.4. The van der Waals surface area contributed by atoms with Crippen LogP contribution in [0.15, 0.2) is 48.5 Å². The van der Waals surface area contributed by atoms with Gasteiger partial charge in [-0.05, 0) is 49.1 Å². The monoisotopic (exact) mass is 380 g/mol. The molecule has 130 valence electrons. The number of carbonyl (C=O) groups excluding carboxylic acids is 1. The molecule has 1 aliphatic heterocycles. The number of aryl methyl sites for hydroxylation is 3. The quantitative estimate of drug-likeness (QED) is 0.363. The molecule has 1 atom stereocenters. The summed E-state index contributed by atoms with van der Waals surface area (Å²) in [6.07, 6.45) is 0. The minimum Gasteiger partial charge on any atom is -0.317 e. The Morgan fingerprint density at radius 3 is 2.23 bits per heavy atom. The Morgan fingerprint density at radius 1 is 0.885 bits per heavy atom. The van der Waals surface area contributed by atoms with Crippen molar-refractivity contribution >= 4 is 35.8 Å². The Labute approximate surface area is 158 Å². The van der Waals surface area contributed by atoms with E-state index in [4.69, 9.17) is 11.6 Å². The third kappa shape index (κ3) is 2.48. The number of halogens is 1. The highest BCUT2D eigenvalue weighted by atomic mass is 35.5. The lowest BCUT2D eigenvalue weighted by molar-refractivity contribution is 0.103. The third-order valence-electron chi connectivity index (χ3n) is 4.97. The molecule has 2 nitrogen and oxygen atoms in total. The maximum Gasteiger partial charge on any atom is 0.195 e. The van der Waals surface area contributed by atoms with Gasteiger partial charge in [0.05, 0.1) is 10.6 Å². The van der Waals surface area contributed by atoms with E-state index in [1.165, 1.54) is 0 Å². The number of carbonyl (C=O) groups is 1. The second kappa shape index (κ2) is 6.23. The fourth-order valence-electron chi connectivity index (χ4n) is 3.97. The van der Waals surface area contributed by atoms with E-state index in [0.29, 0.717) is 21.5 Å². The maximum atomic E-state index is 13.5. The summed E-state index contributed by atoms with van der Waals surface area (Å²) >= 11 is 6.45. The van der Waals surface area contributed by atoms with Gasteiger partial charge in [-0.3, -0.25) is 4.79 Å². The van der Waals surface area contributed by atoms with Gasteiger partial charge in [-0.25, -0.2) is 0 Å². The van der Waals surface area contributed by atoms with Gasteiger partial charge in [0.2, 0.25) is 0 Å². The third-order valence-corrected chi connectivity index (χ3v) is 7.19. The predicted octanol–water partition coefficient (Wildman–Crippen LogP) is 4.99. The second-order valence-corrected chi connectivity index (χ2v) is 8.93. The van der Waals surface area contributed by atoms with Gasteiger partial charge in [-0.15, -0.1) is 0 Å². The fraction of sp³-hybridized carbons (Fsp3) is 0.136. The van der Waals surface area contributed by atoms with Crippen molar-refractivity contribution in [3.8, 4) is 11.1 Å². The van der Waals surface area contributed by atoms with Crippen molar-refractivity contribution in [3.05, 3.63) is 81.4 Å². The summed E-state index contributed by atoms with van der Waals surface area (Å²) in [5.74, 6) is -0.145. The first-order valence-electron chi connectivity index (χ1n) is 8.49. The van der Waals surface area contributed by atoms with Crippen molar-refractivity contribution < 1.29 is 9.36 Å². The number of hydrogen-bond donors (Lipinski definition) is 0. The van der Waals surface area contributed by atoms with Gasteiger partial charge in [0.25, 0.3) is 0 Å². The SMILES string of the molecule is Cc1cc(C)c(C(=O)c2c(Cl)ccc3c2[PH](=O)c2ccccc2-3)c(C)c1. The molecule has 1 aliphatic rings. The molecule has 0 fully saturated rings. The summed E-state index contributed by atoms with van der Waals surface area (Å²) < 4.78 is 13.2. The number of ketones is 1. The largest absolute Gasteiger partial charge is 0.317 e. The van der Waals surface area contributed by atoms with E-state index in [2.05, 4.69) is 0 Å². The van der Waals surface area contributed by atoms with Gasteiger partial charge < -0.3 is 4.57 Å². The van der Waals surface area contributed by atoms with Crippen molar-refractivity contribution in [1.29, 1.82) is 0 Å². The highest BCUT2D eigenvalue weighted by Gasteiger charge is 2.32. The van der Waals surface area contributed by atoms with E-state index < -0.39 is 7.80 Å². The molecular weight excluding hydrogens is 363 g/mol. The average molecular weight is 381 g/mol. The van der Waals surface area contributed by atoms with Gasteiger partial charge in [0.15, 0.2) is 5.78 Å². The van der Waals surface area contributed by atoms with E-state index in [0.717, 1.165) is 33.1 Å². The summed E-state index contributed by atoms with van der Waals surface area (Å²) in [5.41, 5.74) is 5.78. The highest BCUT2D eigenvalue weighted by Crippen LogP contribution is 2.41. The summed E-state index contributed by atoms with van der Waals surface area (Å²) in [7, 11) is -2.26. The molecule has 0 N–H and O–H groups in total. The fourth-order valence-corrected chi connectivity index (χ4v) is 6.21. The lowest BCUT2D eigenvalue weighted by atomic mass is 9.91. The minimum absolute atomic E-state index is 0.145. The van der Waals surface area contributed by atoms with Crippen LogP contribution in [0.1, 0.15) is 32.6 Å². The average Bonchev–Trinajstić information content (AvgIpc) is 2.87. The van der Waals surface area contributed by atoms with E-state index in [-0.39, 0.29) is 5.78 Å². The molecule has 3 aromatic carbocycles. The molecule has 0 aliphatic carbocycles. The van der Waals surface area contributed by atoms with Crippen LogP contribution in [0, 0.1) is 20.8 Å². The molecule has 0 bridgehead atoms. The molecule has 4 rings (SSSR count). The lowest BCUT2D eigenvalue weighted by Crippen LogP contribution is -2.17. The van der Waals surface area contributed by atoms with Crippen LogP contribution in [-0.4, -0.2) is 5.78 Å². The Bertz CT molecular complexity index is 1090. The molecule has 0 saturated heterocycles. The van der Waals surface area contributed by atoms with E-state index in [1.54, 1.807) is 6.07 Å². The molecular formula is C22H18ClO2P. The standard InChI is InChI=1S/C22H18ClO2P/c1-12-10-13(2)19(14(3)11-12)21(24)20-17(23)9-8-16-15-6-4-5-7-18(15)26(25)22(16)20/h4-11,26H,1-3H3. The Balaban J connectivity index is 1.98. The molecule has 0 spiro atoms. The van der Waals surface area contributed by atoms with Crippen LogP contribution >= 0.6 is 19.4 Å². The lowest BCUT2D eigenvalue weighted by Gasteiger charge is -2.14. The summed E-state index contributed by atoms with van der Waals surface area (Å²) in [6, 6.07) is 15.2. The molecule has 1 heterocycles. The Hall–Kier alpha value is -2.15. The zero-order valence-electron chi connectivity index (χ0n) is 14.8. The van der Waals surface area contributed by atoms with E-state index in [9.17, 15) is 9.36 Å². The zero-order chi connectivity index (χ0) is 18.6. The summed E-state index contributed by atoms with van der Waals surface area (Å²) in [5, 5.41) is 1.77. The van der Waals surface area contributed by atoms with Crippen molar-refractivity contribution in [1.82, 2.24) is 0 Å².